The van der Waals surface area contributed by atoms with Crippen molar-refractivity contribution >= 4 is 17.8 Å². The molecule has 0 aromatic rings. The Morgan fingerprint density at radius 3 is 2.83 bits per heavy atom. The number of hydrogen-bond donors (Lipinski definition) is 1. The minimum Gasteiger partial charge on any atom is -0.480 e. The lowest BCUT2D eigenvalue weighted by molar-refractivity contribution is -0.147. The molecule has 18 heavy (non-hydrogen) atoms. The molecule has 1 amide bonds. The molecule has 2 fully saturated rings. The average molecular weight is 255 g/mol. The quantitative estimate of drug-likeness (QED) is 0.759. The van der Waals surface area contributed by atoms with Gasteiger partial charge >= 0.3 is 12.1 Å². The first-order chi connectivity index (χ1) is 8.56. The molecule has 100 valence electrons. The molecule has 1 saturated heterocycles. The molecule has 0 radical (unpaired) electrons. The largest absolute Gasteiger partial charge is 0.480 e. The molecular weight excluding hydrogens is 238 g/mol. The van der Waals surface area contributed by atoms with Crippen LogP contribution in [0, 0.1) is 5.92 Å². The summed E-state index contributed by atoms with van der Waals surface area (Å²) in [5, 5.41) is 9.14. The fraction of sp³-hybridized carbons (Fsp3) is 0.750. The lowest BCUT2D eigenvalue weighted by Gasteiger charge is -2.30. The number of ketones is 1. The minimum absolute atomic E-state index is 0.0509. The van der Waals surface area contributed by atoms with E-state index < -0.39 is 24.0 Å². The highest BCUT2D eigenvalue weighted by Crippen LogP contribution is 2.40. The zero-order chi connectivity index (χ0) is 13.3. The number of Topliss-reactive ketones (excluding diaryl/α,β-unsaturated/α-hetero) is 1. The second-order valence-electron chi connectivity index (χ2n) is 4.82. The van der Waals surface area contributed by atoms with Crippen LogP contribution in [-0.4, -0.2) is 46.5 Å². The zero-order valence-electron chi connectivity index (χ0n) is 10.3. The molecule has 1 N–H and O–H groups in total. The summed E-state index contributed by atoms with van der Waals surface area (Å²) in [4.78, 5) is 35.8. The first kappa shape index (κ1) is 12.9. The average Bonchev–Trinajstić information content (AvgIpc) is 2.85. The van der Waals surface area contributed by atoms with Gasteiger partial charge in [-0.05, 0) is 12.8 Å². The van der Waals surface area contributed by atoms with Gasteiger partial charge in [0, 0.05) is 12.5 Å². The van der Waals surface area contributed by atoms with Gasteiger partial charge in [-0.3, -0.25) is 9.69 Å². The summed E-state index contributed by atoms with van der Waals surface area (Å²) in [5.74, 6) is -1.72. The third-order valence-corrected chi connectivity index (χ3v) is 3.64. The summed E-state index contributed by atoms with van der Waals surface area (Å²) in [6.07, 6.45) is 1.77. The number of aliphatic carboxylic acids is 1. The zero-order valence-corrected chi connectivity index (χ0v) is 10.3. The monoisotopic (exact) mass is 255 g/mol. The molecule has 6 nitrogen and oxygen atoms in total. The second-order valence-corrected chi connectivity index (χ2v) is 4.82. The highest BCUT2D eigenvalue weighted by atomic mass is 16.6. The molecule has 1 aliphatic heterocycles. The van der Waals surface area contributed by atoms with Crippen LogP contribution in [0.25, 0.3) is 0 Å². The van der Waals surface area contributed by atoms with E-state index >= 15 is 0 Å². The Kier molecular flexibility index (Phi) is 3.54. The maximum Gasteiger partial charge on any atom is 0.410 e. The van der Waals surface area contributed by atoms with Crippen molar-refractivity contribution in [3.63, 3.8) is 0 Å². The van der Waals surface area contributed by atoms with Gasteiger partial charge in [-0.25, -0.2) is 9.59 Å². The minimum atomic E-state index is -1.12. The van der Waals surface area contributed by atoms with Gasteiger partial charge in [0.2, 0.25) is 0 Å². The topological polar surface area (TPSA) is 83.9 Å². The lowest BCUT2D eigenvalue weighted by Crippen LogP contribution is -2.51. The molecule has 0 spiro atoms. The molecule has 0 unspecified atom stereocenters. The SMILES string of the molecule is CCCCOC(=O)N1[C@@H]2CC(=O)[C@@H](C2)[C@H]1C(=O)O. The summed E-state index contributed by atoms with van der Waals surface area (Å²) >= 11 is 0. The van der Waals surface area contributed by atoms with Crippen LogP contribution in [0.1, 0.15) is 32.6 Å². The van der Waals surface area contributed by atoms with Crippen molar-refractivity contribution in [2.45, 2.75) is 44.7 Å². The number of carbonyl (C=O) groups excluding carboxylic acids is 2. The number of amides is 1. The van der Waals surface area contributed by atoms with Gasteiger partial charge in [0.05, 0.1) is 12.5 Å². The highest BCUT2D eigenvalue weighted by molar-refractivity contribution is 5.95. The van der Waals surface area contributed by atoms with Crippen LogP contribution in [0.15, 0.2) is 0 Å². The summed E-state index contributed by atoms with van der Waals surface area (Å²) in [7, 11) is 0. The molecule has 1 heterocycles. The first-order valence-corrected chi connectivity index (χ1v) is 6.26. The third-order valence-electron chi connectivity index (χ3n) is 3.64. The van der Waals surface area contributed by atoms with Crippen LogP contribution in [0.3, 0.4) is 0 Å². The van der Waals surface area contributed by atoms with Crippen molar-refractivity contribution in [1.29, 1.82) is 0 Å². The van der Waals surface area contributed by atoms with E-state index in [-0.39, 0.29) is 18.2 Å². The number of rotatable bonds is 4. The lowest BCUT2D eigenvalue weighted by atomic mass is 9.98. The number of unbranched alkanes of at least 4 members (excludes halogenated alkanes) is 1. The van der Waals surface area contributed by atoms with Gasteiger partial charge in [0.1, 0.15) is 11.8 Å². The molecular formula is C12H17NO5. The van der Waals surface area contributed by atoms with Crippen molar-refractivity contribution in [3.05, 3.63) is 0 Å². The number of fused-ring (bicyclic) bond motifs is 2. The van der Waals surface area contributed by atoms with Crippen LogP contribution in [0.4, 0.5) is 4.79 Å². The smallest absolute Gasteiger partial charge is 0.410 e. The van der Waals surface area contributed by atoms with Crippen molar-refractivity contribution in [3.8, 4) is 0 Å². The number of ether oxygens (including phenoxy) is 1. The fourth-order valence-corrected chi connectivity index (χ4v) is 2.76. The summed E-state index contributed by atoms with van der Waals surface area (Å²) < 4.78 is 5.05. The van der Waals surface area contributed by atoms with Crippen molar-refractivity contribution < 1.29 is 24.2 Å². The normalized spacial score (nSPS) is 29.7. The van der Waals surface area contributed by atoms with E-state index in [0.717, 1.165) is 12.8 Å². The number of likely N-dealkylation sites (tertiary alicyclic amines) is 1. The van der Waals surface area contributed by atoms with Crippen molar-refractivity contribution in [2.75, 3.05) is 6.61 Å². The Labute approximate surface area is 105 Å². The van der Waals surface area contributed by atoms with E-state index in [9.17, 15) is 14.4 Å². The molecule has 2 bridgehead atoms. The molecule has 0 aromatic heterocycles. The number of hydrogen-bond acceptors (Lipinski definition) is 4. The molecule has 0 aromatic carbocycles. The maximum atomic E-state index is 11.9. The second kappa shape index (κ2) is 4.96. The Bertz CT molecular complexity index is 381. The van der Waals surface area contributed by atoms with Crippen LogP contribution in [0.5, 0.6) is 0 Å². The number of carbonyl (C=O) groups is 3. The van der Waals surface area contributed by atoms with Gasteiger partial charge in [0.15, 0.2) is 0 Å². The molecule has 2 aliphatic rings. The van der Waals surface area contributed by atoms with Gasteiger partial charge in [-0.1, -0.05) is 13.3 Å². The van der Waals surface area contributed by atoms with Crippen LogP contribution >= 0.6 is 0 Å². The van der Waals surface area contributed by atoms with Crippen molar-refractivity contribution in [1.82, 2.24) is 4.90 Å². The Morgan fingerprint density at radius 2 is 2.22 bits per heavy atom. The van der Waals surface area contributed by atoms with Crippen molar-refractivity contribution in [2.24, 2.45) is 5.92 Å². The predicted octanol–water partition coefficient (Wildman–Crippen LogP) is 1.04. The number of carboxylic acid groups (broad SMARTS) is 1. The van der Waals surface area contributed by atoms with Crippen LogP contribution < -0.4 is 0 Å². The van der Waals surface area contributed by atoms with E-state index in [1.165, 1.54) is 4.90 Å². The van der Waals surface area contributed by atoms with Crippen LogP contribution in [-0.2, 0) is 14.3 Å². The summed E-state index contributed by atoms with van der Waals surface area (Å²) in [6.45, 7) is 2.27. The number of piperidine rings is 1. The third kappa shape index (κ3) is 2.07. The highest BCUT2D eigenvalue weighted by Gasteiger charge is 2.56. The van der Waals surface area contributed by atoms with E-state index in [4.69, 9.17) is 9.84 Å². The van der Waals surface area contributed by atoms with Crippen LogP contribution in [0.2, 0.25) is 0 Å². The molecule has 3 atom stereocenters. The number of carboxylic acids is 1. The van der Waals surface area contributed by atoms with Gasteiger partial charge < -0.3 is 9.84 Å². The summed E-state index contributed by atoms with van der Waals surface area (Å²) in [5.41, 5.74) is 0. The van der Waals surface area contributed by atoms with Gasteiger partial charge in [0.25, 0.3) is 0 Å². The van der Waals surface area contributed by atoms with Gasteiger partial charge in [-0.2, -0.15) is 0 Å². The molecule has 1 saturated carbocycles. The molecule has 6 heteroatoms. The fourth-order valence-electron chi connectivity index (χ4n) is 2.76. The summed E-state index contributed by atoms with van der Waals surface area (Å²) in [6, 6.07) is -1.33. The predicted molar refractivity (Wildman–Crippen MR) is 61.0 cm³/mol. The van der Waals surface area contributed by atoms with E-state index in [2.05, 4.69) is 0 Å². The van der Waals surface area contributed by atoms with Gasteiger partial charge in [-0.15, -0.1) is 0 Å². The Morgan fingerprint density at radius 1 is 1.50 bits per heavy atom. The standard InChI is InChI=1S/C12H17NO5/c1-2-3-4-18-12(17)13-7-5-8(9(14)6-7)10(13)11(15)16/h7-8,10H,2-6H2,1H3,(H,15,16)/t7-,8+,10-/m0/s1. The first-order valence-electron chi connectivity index (χ1n) is 6.26. The Hall–Kier alpha value is -1.59. The number of nitrogens with zero attached hydrogens (tertiary/aromatic N) is 1. The van der Waals surface area contributed by atoms with E-state index in [1.807, 2.05) is 6.92 Å². The Balaban J connectivity index is 2.05. The van der Waals surface area contributed by atoms with E-state index in [0.29, 0.717) is 13.0 Å². The van der Waals surface area contributed by atoms with E-state index in [1.54, 1.807) is 0 Å². The maximum absolute atomic E-state index is 11.9. The molecule has 1 aliphatic carbocycles. The molecule has 2 rings (SSSR count).